The average molecular weight is 318 g/mol. The quantitative estimate of drug-likeness (QED) is 0.820. The van der Waals surface area contributed by atoms with E-state index < -0.39 is 0 Å². The summed E-state index contributed by atoms with van der Waals surface area (Å²) in [5.41, 5.74) is 3.92. The number of hydrogen-bond donors (Lipinski definition) is 1. The van der Waals surface area contributed by atoms with Crippen molar-refractivity contribution in [2.24, 2.45) is 0 Å². The number of nitrogens with one attached hydrogen (secondary N) is 1. The summed E-state index contributed by atoms with van der Waals surface area (Å²) in [4.78, 5) is 0. The second-order valence-corrected chi connectivity index (χ2v) is 5.90. The third-order valence-corrected chi connectivity index (χ3v) is 4.17. The number of rotatable bonds is 4. The van der Waals surface area contributed by atoms with E-state index in [2.05, 4.69) is 84.5 Å². The van der Waals surface area contributed by atoms with Gasteiger partial charge >= 0.3 is 0 Å². The minimum absolute atomic E-state index is 0.312. The Morgan fingerprint density at radius 1 is 0.895 bits per heavy atom. The van der Waals surface area contributed by atoms with Gasteiger partial charge in [-0.15, -0.1) is 0 Å². The standard InChI is InChI=1S/C17H20BrN/c1-12-8-10-15(11-9-12)13(2)19-14(3)16-6-4-5-7-17(16)18/h4-11,13-14,19H,1-3H3. The first kappa shape index (κ1) is 14.3. The molecule has 2 atom stereocenters. The van der Waals surface area contributed by atoms with E-state index in [4.69, 9.17) is 0 Å². The van der Waals surface area contributed by atoms with Gasteiger partial charge in [0, 0.05) is 16.6 Å². The van der Waals surface area contributed by atoms with Crippen LogP contribution in [0.3, 0.4) is 0 Å². The summed E-state index contributed by atoms with van der Waals surface area (Å²) in [7, 11) is 0. The number of hydrogen-bond acceptors (Lipinski definition) is 1. The number of aryl methyl sites for hydroxylation is 1. The largest absolute Gasteiger partial charge is 0.304 e. The molecule has 0 aliphatic heterocycles. The highest BCUT2D eigenvalue weighted by Gasteiger charge is 2.12. The predicted octanol–water partition coefficient (Wildman–Crippen LogP) is 5.17. The Balaban J connectivity index is 2.08. The molecule has 0 aliphatic carbocycles. The minimum Gasteiger partial charge on any atom is -0.304 e. The second kappa shape index (κ2) is 6.36. The Morgan fingerprint density at radius 3 is 2.16 bits per heavy atom. The first-order valence-corrected chi connectivity index (χ1v) is 7.44. The highest BCUT2D eigenvalue weighted by molar-refractivity contribution is 9.10. The average Bonchev–Trinajstić information content (AvgIpc) is 2.39. The molecule has 0 aromatic heterocycles. The van der Waals surface area contributed by atoms with Crippen molar-refractivity contribution in [3.8, 4) is 0 Å². The zero-order valence-electron chi connectivity index (χ0n) is 11.7. The molecule has 19 heavy (non-hydrogen) atoms. The van der Waals surface area contributed by atoms with Gasteiger partial charge in [0.25, 0.3) is 0 Å². The van der Waals surface area contributed by atoms with Gasteiger partial charge in [0.2, 0.25) is 0 Å². The number of halogens is 1. The van der Waals surface area contributed by atoms with Gasteiger partial charge in [-0.2, -0.15) is 0 Å². The van der Waals surface area contributed by atoms with E-state index in [0.717, 1.165) is 4.47 Å². The Bertz CT molecular complexity index is 533. The van der Waals surface area contributed by atoms with E-state index in [1.165, 1.54) is 16.7 Å². The van der Waals surface area contributed by atoms with E-state index in [0.29, 0.717) is 12.1 Å². The monoisotopic (exact) mass is 317 g/mol. The van der Waals surface area contributed by atoms with Crippen LogP contribution in [0.4, 0.5) is 0 Å². The summed E-state index contributed by atoms with van der Waals surface area (Å²) in [5.74, 6) is 0. The Kier molecular flexibility index (Phi) is 4.78. The maximum absolute atomic E-state index is 3.64. The fraction of sp³-hybridized carbons (Fsp3) is 0.294. The molecule has 0 heterocycles. The SMILES string of the molecule is Cc1ccc(C(C)NC(C)c2ccccc2Br)cc1. The van der Waals surface area contributed by atoms with Crippen LogP contribution >= 0.6 is 15.9 Å². The van der Waals surface area contributed by atoms with Crippen LogP contribution in [0.15, 0.2) is 53.0 Å². The van der Waals surface area contributed by atoms with Crippen molar-refractivity contribution in [1.82, 2.24) is 5.32 Å². The molecule has 100 valence electrons. The lowest BCUT2D eigenvalue weighted by atomic mass is 10.0. The maximum atomic E-state index is 3.64. The van der Waals surface area contributed by atoms with Crippen LogP contribution < -0.4 is 5.32 Å². The third kappa shape index (κ3) is 3.68. The van der Waals surface area contributed by atoms with E-state index in [1.54, 1.807) is 0 Å². The van der Waals surface area contributed by atoms with Crippen LogP contribution in [-0.4, -0.2) is 0 Å². The van der Waals surface area contributed by atoms with Gasteiger partial charge in [-0.05, 0) is 38.0 Å². The van der Waals surface area contributed by atoms with Gasteiger partial charge in [-0.1, -0.05) is 64.0 Å². The Morgan fingerprint density at radius 2 is 1.53 bits per heavy atom. The summed E-state index contributed by atoms with van der Waals surface area (Å²) >= 11 is 3.61. The fourth-order valence-electron chi connectivity index (χ4n) is 2.24. The van der Waals surface area contributed by atoms with Crippen molar-refractivity contribution in [3.63, 3.8) is 0 Å². The molecule has 0 bridgehead atoms. The van der Waals surface area contributed by atoms with Crippen molar-refractivity contribution < 1.29 is 0 Å². The summed E-state index contributed by atoms with van der Waals surface area (Å²) in [6, 6.07) is 17.7. The molecule has 2 aromatic carbocycles. The normalized spacial score (nSPS) is 14.1. The van der Waals surface area contributed by atoms with Gasteiger partial charge in [0.1, 0.15) is 0 Å². The molecule has 0 saturated carbocycles. The molecule has 0 spiro atoms. The number of benzene rings is 2. The molecule has 2 aromatic rings. The maximum Gasteiger partial charge on any atom is 0.0308 e. The van der Waals surface area contributed by atoms with Crippen LogP contribution in [0, 0.1) is 6.92 Å². The molecule has 1 nitrogen and oxygen atoms in total. The molecule has 2 heteroatoms. The summed E-state index contributed by atoms with van der Waals surface area (Å²) in [5, 5.41) is 3.64. The van der Waals surface area contributed by atoms with Crippen LogP contribution in [0.2, 0.25) is 0 Å². The molecule has 2 unspecified atom stereocenters. The predicted molar refractivity (Wildman–Crippen MR) is 85.3 cm³/mol. The third-order valence-electron chi connectivity index (χ3n) is 3.45. The van der Waals surface area contributed by atoms with Crippen molar-refractivity contribution in [2.75, 3.05) is 0 Å². The van der Waals surface area contributed by atoms with Crippen LogP contribution in [-0.2, 0) is 0 Å². The minimum atomic E-state index is 0.312. The van der Waals surface area contributed by atoms with Gasteiger partial charge in [-0.3, -0.25) is 0 Å². The topological polar surface area (TPSA) is 12.0 Å². The summed E-state index contributed by atoms with van der Waals surface area (Å²) in [6.07, 6.45) is 0. The van der Waals surface area contributed by atoms with Crippen molar-refractivity contribution in [3.05, 3.63) is 69.7 Å². The van der Waals surface area contributed by atoms with Gasteiger partial charge in [0.15, 0.2) is 0 Å². The molecule has 0 amide bonds. The molecular formula is C17H20BrN. The van der Waals surface area contributed by atoms with Crippen molar-refractivity contribution in [2.45, 2.75) is 32.9 Å². The Labute approximate surface area is 124 Å². The highest BCUT2D eigenvalue weighted by atomic mass is 79.9. The van der Waals surface area contributed by atoms with Crippen molar-refractivity contribution >= 4 is 15.9 Å². The lowest BCUT2D eigenvalue weighted by molar-refractivity contribution is 0.493. The van der Waals surface area contributed by atoms with Gasteiger partial charge in [-0.25, -0.2) is 0 Å². The van der Waals surface area contributed by atoms with E-state index in [-0.39, 0.29) is 0 Å². The Hall–Kier alpha value is -1.12. The van der Waals surface area contributed by atoms with Gasteiger partial charge in [0.05, 0.1) is 0 Å². The van der Waals surface area contributed by atoms with Crippen LogP contribution in [0.1, 0.15) is 42.6 Å². The lowest BCUT2D eigenvalue weighted by Crippen LogP contribution is -2.22. The zero-order valence-corrected chi connectivity index (χ0v) is 13.2. The van der Waals surface area contributed by atoms with E-state index in [1.807, 2.05) is 6.07 Å². The molecule has 2 rings (SSSR count). The first-order chi connectivity index (χ1) is 9.08. The molecular weight excluding hydrogens is 298 g/mol. The molecule has 1 N–H and O–H groups in total. The zero-order chi connectivity index (χ0) is 13.8. The second-order valence-electron chi connectivity index (χ2n) is 5.04. The van der Waals surface area contributed by atoms with E-state index >= 15 is 0 Å². The van der Waals surface area contributed by atoms with Crippen LogP contribution in [0.5, 0.6) is 0 Å². The fourth-order valence-corrected chi connectivity index (χ4v) is 2.87. The lowest BCUT2D eigenvalue weighted by Gasteiger charge is -2.21. The van der Waals surface area contributed by atoms with Gasteiger partial charge < -0.3 is 5.32 Å². The molecule has 0 radical (unpaired) electrons. The molecule has 0 fully saturated rings. The van der Waals surface area contributed by atoms with Crippen molar-refractivity contribution in [1.29, 1.82) is 0 Å². The first-order valence-electron chi connectivity index (χ1n) is 6.65. The molecule has 0 aliphatic rings. The van der Waals surface area contributed by atoms with E-state index in [9.17, 15) is 0 Å². The summed E-state index contributed by atoms with van der Waals surface area (Å²) in [6.45, 7) is 6.52. The highest BCUT2D eigenvalue weighted by Crippen LogP contribution is 2.25. The smallest absolute Gasteiger partial charge is 0.0308 e. The summed E-state index contributed by atoms with van der Waals surface area (Å²) < 4.78 is 1.16. The molecule has 0 saturated heterocycles. The van der Waals surface area contributed by atoms with Crippen LogP contribution in [0.25, 0.3) is 0 Å².